The van der Waals surface area contributed by atoms with E-state index in [-0.39, 0.29) is 0 Å². The van der Waals surface area contributed by atoms with Crippen LogP contribution in [-0.4, -0.2) is 11.9 Å². The number of benzene rings is 1. The van der Waals surface area contributed by atoms with Gasteiger partial charge in [-0.2, -0.15) is 0 Å². The SMILES string of the molecule is C=O.CCCCc1ccccc1O. The summed E-state index contributed by atoms with van der Waals surface area (Å²) in [6, 6.07) is 7.53. The van der Waals surface area contributed by atoms with Gasteiger partial charge in [-0.25, -0.2) is 0 Å². The Morgan fingerprint density at radius 1 is 1.31 bits per heavy atom. The molecule has 0 spiro atoms. The number of rotatable bonds is 3. The molecule has 0 radical (unpaired) electrons. The second-order valence-corrected chi connectivity index (χ2v) is 2.73. The lowest BCUT2D eigenvalue weighted by molar-refractivity contribution is -0.0979. The summed E-state index contributed by atoms with van der Waals surface area (Å²) in [5.74, 6) is 0.431. The van der Waals surface area contributed by atoms with E-state index in [0.717, 1.165) is 18.4 Å². The molecule has 1 aromatic carbocycles. The van der Waals surface area contributed by atoms with Gasteiger partial charge in [-0.15, -0.1) is 0 Å². The number of aryl methyl sites for hydroxylation is 1. The summed E-state index contributed by atoms with van der Waals surface area (Å²) in [4.78, 5) is 8.00. The van der Waals surface area contributed by atoms with Gasteiger partial charge in [0, 0.05) is 0 Å². The minimum absolute atomic E-state index is 0.431. The maximum absolute atomic E-state index is 9.34. The number of unbranched alkanes of at least 4 members (excludes halogenated alkanes) is 1. The number of aromatic hydroxyl groups is 1. The second kappa shape index (κ2) is 7.35. The highest BCUT2D eigenvalue weighted by Crippen LogP contribution is 2.17. The maximum atomic E-state index is 9.34. The third kappa shape index (κ3) is 4.31. The number of carbonyl (C=O) groups excluding carboxylic acids is 1. The van der Waals surface area contributed by atoms with Crippen molar-refractivity contribution < 1.29 is 9.90 Å². The van der Waals surface area contributed by atoms with Gasteiger partial charge in [0.1, 0.15) is 12.5 Å². The zero-order chi connectivity index (χ0) is 10.1. The van der Waals surface area contributed by atoms with Crippen LogP contribution in [0.3, 0.4) is 0 Å². The molecule has 0 aliphatic carbocycles. The molecular formula is C11H16O2. The van der Waals surface area contributed by atoms with Crippen molar-refractivity contribution in [2.75, 3.05) is 0 Å². The van der Waals surface area contributed by atoms with Crippen molar-refractivity contribution in [1.82, 2.24) is 0 Å². The zero-order valence-corrected chi connectivity index (χ0v) is 7.99. The summed E-state index contributed by atoms with van der Waals surface area (Å²) in [6.07, 6.45) is 3.31. The van der Waals surface area contributed by atoms with Crippen LogP contribution in [-0.2, 0) is 11.2 Å². The molecule has 0 saturated carbocycles. The number of hydrogen-bond acceptors (Lipinski definition) is 2. The number of phenolic OH excluding ortho intramolecular Hbond substituents is 1. The summed E-state index contributed by atoms with van der Waals surface area (Å²) in [7, 11) is 0. The van der Waals surface area contributed by atoms with E-state index in [2.05, 4.69) is 6.92 Å². The molecule has 72 valence electrons. The molecule has 1 aromatic rings. The molecule has 0 bridgehead atoms. The van der Waals surface area contributed by atoms with Crippen molar-refractivity contribution in [3.8, 4) is 5.75 Å². The molecule has 0 aliphatic heterocycles. The van der Waals surface area contributed by atoms with Crippen LogP contribution in [0.5, 0.6) is 5.75 Å². The summed E-state index contributed by atoms with van der Waals surface area (Å²) in [5, 5.41) is 9.34. The molecule has 0 atom stereocenters. The van der Waals surface area contributed by atoms with Crippen LogP contribution in [0.2, 0.25) is 0 Å². The topological polar surface area (TPSA) is 37.3 Å². The van der Waals surface area contributed by atoms with Crippen molar-refractivity contribution in [3.63, 3.8) is 0 Å². The fourth-order valence-electron chi connectivity index (χ4n) is 1.09. The number of carbonyl (C=O) groups is 1. The Morgan fingerprint density at radius 3 is 2.46 bits per heavy atom. The van der Waals surface area contributed by atoms with Crippen LogP contribution in [0.15, 0.2) is 24.3 Å². The Labute approximate surface area is 79.2 Å². The first-order valence-corrected chi connectivity index (χ1v) is 4.40. The molecule has 0 fully saturated rings. The number of para-hydroxylation sites is 1. The van der Waals surface area contributed by atoms with Crippen LogP contribution in [0, 0.1) is 0 Å². The van der Waals surface area contributed by atoms with E-state index in [1.165, 1.54) is 6.42 Å². The van der Waals surface area contributed by atoms with Gasteiger partial charge in [-0.3, -0.25) is 0 Å². The fraction of sp³-hybridized carbons (Fsp3) is 0.364. The predicted molar refractivity (Wildman–Crippen MR) is 53.8 cm³/mol. The van der Waals surface area contributed by atoms with Crippen molar-refractivity contribution >= 4 is 6.79 Å². The monoisotopic (exact) mass is 180 g/mol. The first-order valence-electron chi connectivity index (χ1n) is 4.40. The molecule has 0 unspecified atom stereocenters. The average Bonchev–Trinajstić information content (AvgIpc) is 2.20. The van der Waals surface area contributed by atoms with Gasteiger partial charge in [-0.05, 0) is 24.5 Å². The number of phenols is 1. The van der Waals surface area contributed by atoms with Crippen molar-refractivity contribution in [2.24, 2.45) is 0 Å². The molecule has 2 nitrogen and oxygen atoms in total. The van der Waals surface area contributed by atoms with Crippen LogP contribution < -0.4 is 0 Å². The molecule has 0 amide bonds. The molecule has 1 rings (SSSR count). The lowest BCUT2D eigenvalue weighted by Gasteiger charge is -2.01. The Balaban J connectivity index is 0.000000671. The normalized spacial score (nSPS) is 8.69. The number of hydrogen-bond donors (Lipinski definition) is 1. The van der Waals surface area contributed by atoms with E-state index in [4.69, 9.17) is 4.79 Å². The van der Waals surface area contributed by atoms with E-state index in [9.17, 15) is 5.11 Å². The van der Waals surface area contributed by atoms with Gasteiger partial charge >= 0.3 is 0 Å². The molecule has 13 heavy (non-hydrogen) atoms. The average molecular weight is 180 g/mol. The Kier molecular flexibility index (Phi) is 6.60. The Bertz CT molecular complexity index is 233. The summed E-state index contributed by atoms with van der Waals surface area (Å²) in [5.41, 5.74) is 1.06. The minimum Gasteiger partial charge on any atom is -0.508 e. The standard InChI is InChI=1S/C10H14O.CH2O/c1-2-3-6-9-7-4-5-8-10(9)11;1-2/h4-5,7-8,11H,2-3,6H2,1H3;1H2. The fourth-order valence-corrected chi connectivity index (χ4v) is 1.09. The molecule has 2 heteroatoms. The maximum Gasteiger partial charge on any atom is 0.118 e. The van der Waals surface area contributed by atoms with Gasteiger partial charge in [0.2, 0.25) is 0 Å². The van der Waals surface area contributed by atoms with Gasteiger partial charge in [0.25, 0.3) is 0 Å². The van der Waals surface area contributed by atoms with E-state index in [1.807, 2.05) is 25.0 Å². The van der Waals surface area contributed by atoms with E-state index >= 15 is 0 Å². The Morgan fingerprint density at radius 2 is 1.92 bits per heavy atom. The molecular weight excluding hydrogens is 164 g/mol. The molecule has 1 N–H and O–H groups in total. The van der Waals surface area contributed by atoms with E-state index in [1.54, 1.807) is 6.07 Å². The summed E-state index contributed by atoms with van der Waals surface area (Å²) in [6.45, 7) is 4.15. The van der Waals surface area contributed by atoms with Crippen molar-refractivity contribution in [3.05, 3.63) is 29.8 Å². The molecule has 0 aromatic heterocycles. The Hall–Kier alpha value is -1.31. The third-order valence-electron chi connectivity index (χ3n) is 1.79. The second-order valence-electron chi connectivity index (χ2n) is 2.73. The lowest BCUT2D eigenvalue weighted by atomic mass is 10.1. The van der Waals surface area contributed by atoms with Crippen LogP contribution in [0.1, 0.15) is 25.3 Å². The van der Waals surface area contributed by atoms with Gasteiger partial charge in [0.15, 0.2) is 0 Å². The molecule has 0 aliphatic rings. The largest absolute Gasteiger partial charge is 0.508 e. The van der Waals surface area contributed by atoms with Crippen molar-refractivity contribution in [1.29, 1.82) is 0 Å². The van der Waals surface area contributed by atoms with Crippen LogP contribution in [0.4, 0.5) is 0 Å². The van der Waals surface area contributed by atoms with Gasteiger partial charge in [0.05, 0.1) is 0 Å². The molecule has 0 heterocycles. The predicted octanol–water partition coefficient (Wildman–Crippen LogP) is 2.55. The highest BCUT2D eigenvalue weighted by Gasteiger charge is 1.96. The van der Waals surface area contributed by atoms with Crippen LogP contribution in [0.25, 0.3) is 0 Å². The highest BCUT2D eigenvalue weighted by molar-refractivity contribution is 5.31. The zero-order valence-electron chi connectivity index (χ0n) is 7.99. The van der Waals surface area contributed by atoms with E-state index < -0.39 is 0 Å². The first kappa shape index (κ1) is 11.7. The highest BCUT2D eigenvalue weighted by atomic mass is 16.3. The molecule has 0 saturated heterocycles. The smallest absolute Gasteiger partial charge is 0.118 e. The minimum atomic E-state index is 0.431. The van der Waals surface area contributed by atoms with E-state index in [0.29, 0.717) is 5.75 Å². The summed E-state index contributed by atoms with van der Waals surface area (Å²) < 4.78 is 0. The third-order valence-corrected chi connectivity index (χ3v) is 1.79. The van der Waals surface area contributed by atoms with Crippen LogP contribution >= 0.6 is 0 Å². The summed E-state index contributed by atoms with van der Waals surface area (Å²) >= 11 is 0. The first-order chi connectivity index (χ1) is 6.34. The van der Waals surface area contributed by atoms with Gasteiger partial charge < -0.3 is 9.90 Å². The quantitative estimate of drug-likeness (QED) is 0.776. The van der Waals surface area contributed by atoms with Gasteiger partial charge in [-0.1, -0.05) is 31.5 Å². The van der Waals surface area contributed by atoms with Crippen molar-refractivity contribution in [2.45, 2.75) is 26.2 Å². The lowest BCUT2D eigenvalue weighted by Crippen LogP contribution is -1.83.